The molecule has 5 nitrogen and oxygen atoms in total. The van der Waals surface area contributed by atoms with Gasteiger partial charge in [-0.15, -0.1) is 0 Å². The van der Waals surface area contributed by atoms with Crippen LogP contribution in [-0.4, -0.2) is 36.0 Å². The van der Waals surface area contributed by atoms with Crippen LogP contribution >= 0.6 is 0 Å². The molecule has 0 unspecified atom stereocenters. The van der Waals surface area contributed by atoms with Gasteiger partial charge in [0.1, 0.15) is 0 Å². The highest BCUT2D eigenvalue weighted by Gasteiger charge is 2.26. The van der Waals surface area contributed by atoms with Gasteiger partial charge in [0.05, 0.1) is 12.0 Å². The van der Waals surface area contributed by atoms with Crippen LogP contribution in [0, 0.1) is 11.8 Å². The number of carbonyl (C=O) groups is 2. The highest BCUT2D eigenvalue weighted by molar-refractivity contribution is 5.82. The number of likely N-dealkylation sites (tertiary alicyclic amines) is 1. The first kappa shape index (κ1) is 16.3. The Morgan fingerprint density at radius 3 is 2.36 bits per heavy atom. The van der Waals surface area contributed by atoms with Crippen LogP contribution in [0.3, 0.4) is 0 Å². The van der Waals surface area contributed by atoms with E-state index in [2.05, 4.69) is 19.2 Å². The van der Waals surface area contributed by atoms with Crippen molar-refractivity contribution in [3.63, 3.8) is 0 Å². The number of urea groups is 1. The zero-order valence-electron chi connectivity index (χ0n) is 13.1. The van der Waals surface area contributed by atoms with Crippen molar-refractivity contribution in [1.82, 2.24) is 10.2 Å². The van der Waals surface area contributed by atoms with Crippen molar-refractivity contribution >= 4 is 12.0 Å². The van der Waals surface area contributed by atoms with E-state index >= 15 is 0 Å². The van der Waals surface area contributed by atoms with E-state index in [4.69, 9.17) is 0 Å². The van der Waals surface area contributed by atoms with Gasteiger partial charge < -0.3 is 20.1 Å². The zero-order chi connectivity index (χ0) is 16.1. The van der Waals surface area contributed by atoms with Gasteiger partial charge in [0.15, 0.2) is 0 Å². The minimum Gasteiger partial charge on any atom is -0.548 e. The molecule has 1 aliphatic rings. The summed E-state index contributed by atoms with van der Waals surface area (Å²) in [5.74, 6) is -0.384. The molecule has 1 heterocycles. The van der Waals surface area contributed by atoms with Gasteiger partial charge in [-0.05, 0) is 30.2 Å². The SMILES string of the molecule is C[C@@H]1C[C@@H](C)CN(C(=O)N[C@@H](Cc2ccccc2)C(=O)[O-])C1. The predicted octanol–water partition coefficient (Wildman–Crippen LogP) is 1.04. The highest BCUT2D eigenvalue weighted by Crippen LogP contribution is 2.20. The minimum absolute atomic E-state index is 0.230. The first-order valence-electron chi connectivity index (χ1n) is 7.76. The number of carboxylic acids is 1. The van der Waals surface area contributed by atoms with E-state index in [-0.39, 0.29) is 12.5 Å². The molecule has 2 amide bonds. The van der Waals surface area contributed by atoms with Gasteiger partial charge in [0.25, 0.3) is 0 Å². The third-order valence-electron chi connectivity index (χ3n) is 4.02. The molecule has 1 aliphatic heterocycles. The van der Waals surface area contributed by atoms with Crippen LogP contribution in [0.1, 0.15) is 25.8 Å². The topological polar surface area (TPSA) is 72.5 Å². The highest BCUT2D eigenvalue weighted by atomic mass is 16.4. The summed E-state index contributed by atoms with van der Waals surface area (Å²) in [7, 11) is 0. The summed E-state index contributed by atoms with van der Waals surface area (Å²) in [5, 5.41) is 13.9. The van der Waals surface area contributed by atoms with Crippen molar-refractivity contribution in [1.29, 1.82) is 0 Å². The number of aliphatic carboxylic acids is 1. The standard InChI is InChI=1S/C17H24N2O3/c1-12-8-13(2)11-19(10-12)17(22)18-15(16(20)21)9-14-6-4-3-5-7-14/h3-7,12-13,15H,8-11H2,1-2H3,(H,18,22)(H,20,21)/p-1/t12-,13-,15+/m1/s1. The first-order chi connectivity index (χ1) is 10.5. The number of carboxylic acid groups (broad SMARTS) is 1. The Bertz CT molecular complexity index is 508. The molecule has 2 rings (SSSR count). The number of hydrogen-bond donors (Lipinski definition) is 1. The fraction of sp³-hybridized carbons (Fsp3) is 0.529. The Balaban J connectivity index is 1.98. The molecule has 0 saturated carbocycles. The second-order valence-corrected chi connectivity index (χ2v) is 6.36. The van der Waals surface area contributed by atoms with Crippen LogP contribution in [0.4, 0.5) is 4.79 Å². The Hall–Kier alpha value is -2.04. The van der Waals surface area contributed by atoms with Gasteiger partial charge in [-0.2, -0.15) is 0 Å². The average molecular weight is 303 g/mol. The smallest absolute Gasteiger partial charge is 0.317 e. The van der Waals surface area contributed by atoms with Crippen molar-refractivity contribution < 1.29 is 14.7 Å². The fourth-order valence-corrected chi connectivity index (χ4v) is 3.11. The maximum Gasteiger partial charge on any atom is 0.317 e. The van der Waals surface area contributed by atoms with E-state index in [1.54, 1.807) is 4.90 Å². The Labute approximate surface area is 131 Å². The number of rotatable bonds is 4. The summed E-state index contributed by atoms with van der Waals surface area (Å²) >= 11 is 0. The van der Waals surface area contributed by atoms with E-state index < -0.39 is 12.0 Å². The molecule has 5 heteroatoms. The summed E-state index contributed by atoms with van der Waals surface area (Å²) in [5.41, 5.74) is 0.859. The molecular weight excluding hydrogens is 280 g/mol. The van der Waals surface area contributed by atoms with E-state index in [1.807, 2.05) is 30.3 Å². The second-order valence-electron chi connectivity index (χ2n) is 6.36. The third kappa shape index (κ3) is 4.48. The van der Waals surface area contributed by atoms with Gasteiger partial charge in [0.2, 0.25) is 0 Å². The van der Waals surface area contributed by atoms with Gasteiger partial charge in [0, 0.05) is 13.1 Å². The minimum atomic E-state index is -1.25. The number of piperidine rings is 1. The number of carbonyl (C=O) groups excluding carboxylic acids is 2. The Morgan fingerprint density at radius 1 is 1.23 bits per heavy atom. The molecule has 22 heavy (non-hydrogen) atoms. The summed E-state index contributed by atoms with van der Waals surface area (Å²) in [6.07, 6.45) is 1.32. The number of nitrogens with one attached hydrogen (secondary N) is 1. The Morgan fingerprint density at radius 2 is 1.82 bits per heavy atom. The lowest BCUT2D eigenvalue weighted by Crippen LogP contribution is -2.55. The van der Waals surface area contributed by atoms with Crippen LogP contribution in [0.2, 0.25) is 0 Å². The van der Waals surface area contributed by atoms with Crippen molar-refractivity contribution in [3.8, 4) is 0 Å². The zero-order valence-corrected chi connectivity index (χ0v) is 13.1. The van der Waals surface area contributed by atoms with Crippen molar-refractivity contribution in [2.24, 2.45) is 11.8 Å². The van der Waals surface area contributed by atoms with Crippen molar-refractivity contribution in [3.05, 3.63) is 35.9 Å². The number of nitrogens with zero attached hydrogens (tertiary/aromatic N) is 1. The summed E-state index contributed by atoms with van der Waals surface area (Å²) in [6, 6.07) is 7.91. The molecular formula is C17H23N2O3-. The van der Waals surface area contributed by atoms with E-state index in [0.717, 1.165) is 12.0 Å². The average Bonchev–Trinajstić information content (AvgIpc) is 2.46. The van der Waals surface area contributed by atoms with Crippen LogP contribution in [0.15, 0.2) is 30.3 Å². The first-order valence-corrected chi connectivity index (χ1v) is 7.76. The Kier molecular flexibility index (Phi) is 5.41. The van der Waals surface area contributed by atoms with Crippen LogP contribution in [-0.2, 0) is 11.2 Å². The number of amides is 2. The molecule has 1 N–H and O–H groups in total. The normalized spacial score (nSPS) is 22.9. The molecule has 0 aliphatic carbocycles. The maximum atomic E-state index is 12.3. The monoisotopic (exact) mass is 303 g/mol. The van der Waals surface area contributed by atoms with E-state index in [0.29, 0.717) is 24.9 Å². The molecule has 120 valence electrons. The lowest BCUT2D eigenvalue weighted by atomic mass is 9.92. The summed E-state index contributed by atoms with van der Waals surface area (Å²) in [4.78, 5) is 25.3. The summed E-state index contributed by atoms with van der Waals surface area (Å²) in [6.45, 7) is 5.55. The second kappa shape index (κ2) is 7.29. The van der Waals surface area contributed by atoms with Crippen molar-refractivity contribution in [2.75, 3.05) is 13.1 Å². The molecule has 1 fully saturated rings. The molecule has 1 aromatic rings. The quantitative estimate of drug-likeness (QED) is 0.903. The molecule has 0 spiro atoms. The number of hydrogen-bond acceptors (Lipinski definition) is 3. The summed E-state index contributed by atoms with van der Waals surface area (Å²) < 4.78 is 0. The number of benzene rings is 1. The lowest BCUT2D eigenvalue weighted by molar-refractivity contribution is -0.308. The largest absolute Gasteiger partial charge is 0.548 e. The molecule has 0 aromatic heterocycles. The third-order valence-corrected chi connectivity index (χ3v) is 4.02. The van der Waals surface area contributed by atoms with Gasteiger partial charge >= 0.3 is 6.03 Å². The maximum absolute atomic E-state index is 12.3. The molecule has 1 saturated heterocycles. The van der Waals surface area contributed by atoms with Crippen LogP contribution < -0.4 is 10.4 Å². The van der Waals surface area contributed by atoms with E-state index in [9.17, 15) is 14.7 Å². The van der Waals surface area contributed by atoms with Crippen LogP contribution in [0.25, 0.3) is 0 Å². The molecule has 3 atom stereocenters. The predicted molar refractivity (Wildman–Crippen MR) is 82.0 cm³/mol. The van der Waals surface area contributed by atoms with Gasteiger partial charge in [-0.1, -0.05) is 44.2 Å². The van der Waals surface area contributed by atoms with Crippen LogP contribution in [0.5, 0.6) is 0 Å². The van der Waals surface area contributed by atoms with Gasteiger partial charge in [-0.3, -0.25) is 0 Å². The van der Waals surface area contributed by atoms with Crippen molar-refractivity contribution in [2.45, 2.75) is 32.7 Å². The van der Waals surface area contributed by atoms with Gasteiger partial charge in [-0.25, -0.2) is 4.79 Å². The molecule has 0 radical (unpaired) electrons. The van der Waals surface area contributed by atoms with E-state index in [1.165, 1.54) is 0 Å². The lowest BCUT2D eigenvalue weighted by Gasteiger charge is -2.36. The molecule has 1 aromatic carbocycles. The fourth-order valence-electron chi connectivity index (χ4n) is 3.11. The molecule has 0 bridgehead atoms.